The Kier molecular flexibility index (Phi) is 5.93. The van der Waals surface area contributed by atoms with Crippen molar-refractivity contribution in [2.75, 3.05) is 19.7 Å². The number of cyclic esters (lactones) is 1. The molecule has 9 atom stereocenters. The molecule has 0 N–H and O–H groups in total. The number of rotatable bonds is 2. The summed E-state index contributed by atoms with van der Waals surface area (Å²) in [5, 5.41) is 9.93. The molecule has 6 aliphatic rings. The Labute approximate surface area is 239 Å². The zero-order valence-electron chi connectivity index (χ0n) is 25.4. The van der Waals surface area contributed by atoms with Crippen molar-refractivity contribution in [2.45, 2.75) is 87.0 Å². The fourth-order valence-electron chi connectivity index (χ4n) is 11.2. The number of ketones is 2. The molecule has 1 heterocycles. The Morgan fingerprint density at radius 2 is 1.75 bits per heavy atom. The molecule has 1 saturated heterocycles. The van der Waals surface area contributed by atoms with Crippen LogP contribution in [-0.2, 0) is 14.3 Å². The van der Waals surface area contributed by atoms with Crippen LogP contribution in [-0.4, -0.2) is 42.3 Å². The molecule has 40 heavy (non-hydrogen) atoms. The molecule has 4 fully saturated rings. The molecule has 0 spiro atoms. The van der Waals surface area contributed by atoms with Gasteiger partial charge in [0.15, 0.2) is 11.6 Å². The van der Waals surface area contributed by atoms with Gasteiger partial charge in [-0.15, -0.1) is 0 Å². The van der Waals surface area contributed by atoms with Crippen LogP contribution in [0.4, 0.5) is 4.79 Å². The topological polar surface area (TPSA) is 87.5 Å². The van der Waals surface area contributed by atoms with Gasteiger partial charge in [-0.25, -0.2) is 4.79 Å². The minimum Gasteiger partial charge on any atom is -0.448 e. The Balaban J connectivity index is 1.49. The van der Waals surface area contributed by atoms with E-state index in [4.69, 9.17) is 4.74 Å². The number of nitrogens with zero attached hydrogens (tertiary/aromatic N) is 2. The maximum Gasteiger partial charge on any atom is 0.409 e. The molecule has 0 unspecified atom stereocenters. The van der Waals surface area contributed by atoms with Gasteiger partial charge in [0.05, 0.1) is 12.1 Å². The van der Waals surface area contributed by atoms with Gasteiger partial charge in [0.1, 0.15) is 12.7 Å². The zero-order valence-corrected chi connectivity index (χ0v) is 25.4. The fraction of sp³-hybridized carbons (Fsp3) is 0.765. The Morgan fingerprint density at radius 1 is 1.02 bits per heavy atom. The summed E-state index contributed by atoms with van der Waals surface area (Å²) in [6, 6.07) is 2.20. The van der Waals surface area contributed by atoms with Crippen molar-refractivity contribution in [3.63, 3.8) is 0 Å². The number of carbonyl (C=O) groups is 3. The Hall–Kier alpha value is -2.42. The minimum atomic E-state index is -0.656. The summed E-state index contributed by atoms with van der Waals surface area (Å²) >= 11 is 0. The number of fused-ring (bicyclic) bond motifs is 7. The number of hydrogen-bond acceptors (Lipinski definition) is 5. The average Bonchev–Trinajstić information content (AvgIpc) is 3.30. The highest BCUT2D eigenvalue weighted by atomic mass is 16.6. The molecule has 6 rings (SSSR count). The number of nitriles is 1. The molecule has 0 aromatic rings. The lowest BCUT2D eigenvalue weighted by atomic mass is 9.34. The van der Waals surface area contributed by atoms with Gasteiger partial charge in [0, 0.05) is 23.3 Å². The molecule has 0 aromatic carbocycles. The van der Waals surface area contributed by atoms with E-state index < -0.39 is 10.8 Å². The van der Waals surface area contributed by atoms with Crippen LogP contribution < -0.4 is 0 Å². The first-order valence-electron chi connectivity index (χ1n) is 15.5. The fourth-order valence-corrected chi connectivity index (χ4v) is 11.2. The van der Waals surface area contributed by atoms with Gasteiger partial charge in [-0.1, -0.05) is 60.1 Å². The van der Waals surface area contributed by atoms with Gasteiger partial charge in [-0.3, -0.25) is 9.59 Å². The SMILES string of the molecule is C[C@@H]1[C@H]2[C@H]3C(=O)C=C4[C@@]5(C)C=C(C#N)C(=O)C(C)(C)[C@@H]5CC[C@@]4(C)[C@]3(C)CC[C@@]2(CN2CCOC2=O)CC[C@H]1C. The highest BCUT2D eigenvalue weighted by molar-refractivity contribution is 6.04. The first-order chi connectivity index (χ1) is 18.7. The molecule has 1 amide bonds. The van der Waals surface area contributed by atoms with Gasteiger partial charge < -0.3 is 9.64 Å². The quantitative estimate of drug-likeness (QED) is 0.394. The summed E-state index contributed by atoms with van der Waals surface area (Å²) in [5.41, 5.74) is -0.326. The predicted octanol–water partition coefficient (Wildman–Crippen LogP) is 6.51. The van der Waals surface area contributed by atoms with Crippen molar-refractivity contribution in [1.82, 2.24) is 4.90 Å². The summed E-state index contributed by atoms with van der Waals surface area (Å²) in [7, 11) is 0. The molecule has 0 aromatic heterocycles. The van der Waals surface area contributed by atoms with E-state index >= 15 is 0 Å². The second-order valence-electron chi connectivity index (χ2n) is 15.6. The van der Waals surface area contributed by atoms with Crippen LogP contribution in [0.5, 0.6) is 0 Å². The number of ether oxygens (including phenoxy) is 1. The van der Waals surface area contributed by atoms with Crippen molar-refractivity contribution in [3.8, 4) is 6.07 Å². The van der Waals surface area contributed by atoms with E-state index in [1.807, 2.05) is 30.9 Å². The number of Topliss-reactive ketones (excluding diaryl/α,β-unsaturated/α-hetero) is 1. The molecule has 0 radical (unpaired) electrons. The van der Waals surface area contributed by atoms with Gasteiger partial charge in [0.2, 0.25) is 0 Å². The van der Waals surface area contributed by atoms with E-state index in [1.54, 1.807) is 0 Å². The summed E-state index contributed by atoms with van der Waals surface area (Å²) in [4.78, 5) is 42.4. The number of carbonyl (C=O) groups excluding carboxylic acids is 3. The summed E-state index contributed by atoms with van der Waals surface area (Å²) in [6.45, 7) is 17.4. The van der Waals surface area contributed by atoms with Crippen molar-refractivity contribution in [2.24, 2.45) is 56.7 Å². The first-order valence-corrected chi connectivity index (χ1v) is 15.5. The van der Waals surface area contributed by atoms with Crippen molar-refractivity contribution < 1.29 is 19.1 Å². The Morgan fingerprint density at radius 3 is 2.40 bits per heavy atom. The van der Waals surface area contributed by atoms with Crippen molar-refractivity contribution >= 4 is 17.7 Å². The summed E-state index contributed by atoms with van der Waals surface area (Å²) in [6.07, 6.45) is 9.64. The lowest BCUT2D eigenvalue weighted by molar-refractivity contribution is -0.178. The van der Waals surface area contributed by atoms with Crippen LogP contribution in [0.3, 0.4) is 0 Å². The molecule has 216 valence electrons. The molecule has 1 aliphatic heterocycles. The number of hydrogen-bond donors (Lipinski definition) is 0. The highest BCUT2D eigenvalue weighted by Gasteiger charge is 2.70. The molecule has 3 saturated carbocycles. The van der Waals surface area contributed by atoms with E-state index in [2.05, 4.69) is 40.7 Å². The number of allylic oxidation sites excluding steroid dienone is 4. The lowest BCUT2D eigenvalue weighted by Crippen LogP contribution is -2.66. The van der Waals surface area contributed by atoms with Crippen LogP contribution in [0.2, 0.25) is 0 Å². The first kappa shape index (κ1) is 27.7. The zero-order chi connectivity index (χ0) is 29.0. The van der Waals surface area contributed by atoms with Gasteiger partial charge in [-0.2, -0.15) is 5.26 Å². The van der Waals surface area contributed by atoms with E-state index in [1.165, 1.54) is 0 Å². The van der Waals surface area contributed by atoms with E-state index in [9.17, 15) is 19.6 Å². The molecular weight excluding hydrogens is 500 g/mol. The van der Waals surface area contributed by atoms with Crippen LogP contribution in [0.15, 0.2) is 23.3 Å². The van der Waals surface area contributed by atoms with Crippen LogP contribution in [0, 0.1) is 68.0 Å². The van der Waals surface area contributed by atoms with Crippen LogP contribution in [0.25, 0.3) is 0 Å². The second-order valence-corrected chi connectivity index (χ2v) is 15.6. The smallest absolute Gasteiger partial charge is 0.409 e. The molecule has 0 bridgehead atoms. The summed E-state index contributed by atoms with van der Waals surface area (Å²) in [5.74, 6) is 1.20. The summed E-state index contributed by atoms with van der Waals surface area (Å²) < 4.78 is 5.33. The second kappa shape index (κ2) is 8.55. The third kappa shape index (κ3) is 3.30. The molecular formula is C34H46N2O4. The maximum absolute atomic E-state index is 14.6. The monoisotopic (exact) mass is 546 g/mol. The van der Waals surface area contributed by atoms with E-state index in [0.717, 1.165) is 44.1 Å². The van der Waals surface area contributed by atoms with Gasteiger partial charge >= 0.3 is 6.09 Å². The predicted molar refractivity (Wildman–Crippen MR) is 152 cm³/mol. The Bertz CT molecular complexity index is 1290. The van der Waals surface area contributed by atoms with E-state index in [0.29, 0.717) is 31.5 Å². The van der Waals surface area contributed by atoms with Gasteiger partial charge in [0.25, 0.3) is 0 Å². The van der Waals surface area contributed by atoms with Crippen LogP contribution in [0.1, 0.15) is 87.0 Å². The third-order valence-electron chi connectivity index (χ3n) is 13.8. The van der Waals surface area contributed by atoms with Crippen molar-refractivity contribution in [3.05, 3.63) is 23.3 Å². The normalized spacial score (nSPS) is 47.6. The maximum atomic E-state index is 14.6. The third-order valence-corrected chi connectivity index (χ3v) is 13.8. The van der Waals surface area contributed by atoms with Crippen LogP contribution >= 0.6 is 0 Å². The molecule has 6 nitrogen and oxygen atoms in total. The van der Waals surface area contributed by atoms with Crippen molar-refractivity contribution in [1.29, 1.82) is 5.26 Å². The standard InChI is InChI=1S/C34H46N2O4/c1-20-8-11-34(19-36-14-15-40-29(36)39)13-12-33(7)27(26(34)21(20)2)23(37)16-25-31(5)17-22(18-35)28(38)30(3,4)24(31)9-10-32(25,33)6/h16-17,20-21,24,26-27H,8-15,19H2,1-7H3/t20-,21+,24+,26+,27-,31+,32-,33-,34-/m1/s1. The lowest BCUT2D eigenvalue weighted by Gasteiger charge is -2.69. The number of amides is 1. The largest absolute Gasteiger partial charge is 0.448 e. The minimum absolute atomic E-state index is 0.0503. The molecule has 5 aliphatic carbocycles. The molecule has 6 heteroatoms. The van der Waals surface area contributed by atoms with E-state index in [-0.39, 0.29) is 57.2 Å². The highest BCUT2D eigenvalue weighted by Crippen LogP contribution is 2.74. The van der Waals surface area contributed by atoms with Gasteiger partial charge in [-0.05, 0) is 84.5 Å². The average molecular weight is 547 g/mol.